The summed E-state index contributed by atoms with van der Waals surface area (Å²) >= 11 is 0. The van der Waals surface area contributed by atoms with Gasteiger partial charge in [-0.05, 0) is 85.8 Å². The molecule has 0 N–H and O–H groups in total. The largest absolute Gasteiger partial charge is 2.00 e. The van der Waals surface area contributed by atoms with Gasteiger partial charge in [-0.25, -0.2) is 16.8 Å². The molecule has 0 fully saturated rings. The molecule has 0 bridgehead atoms. The zero-order chi connectivity index (χ0) is 49.8. The molecule has 0 aliphatic heterocycles. The third-order valence-corrected chi connectivity index (χ3v) is 16.0. The first-order valence-electron chi connectivity index (χ1n) is 29.1. The predicted octanol–water partition coefficient (Wildman–Crippen LogP) is 19.0. The summed E-state index contributed by atoms with van der Waals surface area (Å²) in [6.45, 7) is 9.01. The van der Waals surface area contributed by atoms with Crippen molar-refractivity contribution in [2.45, 2.75) is 320 Å². The molecule has 6 nitrogen and oxygen atoms in total. The van der Waals surface area contributed by atoms with Gasteiger partial charge in [0.15, 0.2) is 0 Å². The Kier molecular flexibility index (Phi) is 45.9. The number of hydrogen-bond donors (Lipinski definition) is 0. The summed E-state index contributed by atoms with van der Waals surface area (Å²) in [7, 11) is -8.84. The molecule has 0 amide bonds. The van der Waals surface area contributed by atoms with Crippen LogP contribution in [0.1, 0.15) is 307 Å². The fraction of sp³-hybridized carbons (Fsp3) is 0.800. The summed E-state index contributed by atoms with van der Waals surface area (Å²) in [5.41, 5.74) is 3.75. The molecule has 0 heterocycles. The fourth-order valence-corrected chi connectivity index (χ4v) is 11.5. The normalized spacial score (nSPS) is 11.7. The molecule has 69 heavy (non-hydrogen) atoms. The standard InChI is InChI=1S/2C30H54O3S.Zn/c2*1-3-5-7-9-11-13-15-17-19-21-24-28-25-23-27-30(34(31,32)33)29(28)26-22-20-18-16-14-12-10-8-6-4-2;/h2*23,25,27H,3-22,24,26H2,1-2H3,(H,31,32,33);/q;;+2/p-2. The van der Waals surface area contributed by atoms with Gasteiger partial charge in [-0.1, -0.05) is 283 Å². The third kappa shape index (κ3) is 37.3. The van der Waals surface area contributed by atoms with Gasteiger partial charge in [-0.2, -0.15) is 0 Å². The SMILES string of the molecule is CCCCCCCCCCCCc1cccc(S(=O)(=O)[O-])c1CCCCCCCCCCCC.CCCCCCCCCCCCc1cccc(S(=O)(=O)[O-])c1CCCCCCCCCCCC.[Zn+2]. The van der Waals surface area contributed by atoms with Crippen molar-refractivity contribution in [1.29, 1.82) is 0 Å². The summed E-state index contributed by atoms with van der Waals surface area (Å²) in [5.74, 6) is 0. The zero-order valence-electron chi connectivity index (χ0n) is 45.5. The molecule has 0 unspecified atom stereocenters. The van der Waals surface area contributed by atoms with E-state index in [9.17, 15) is 25.9 Å². The fourth-order valence-electron chi connectivity index (χ4n) is 9.91. The van der Waals surface area contributed by atoms with Crippen LogP contribution in [0.15, 0.2) is 46.2 Å². The minimum atomic E-state index is -4.42. The van der Waals surface area contributed by atoms with Gasteiger partial charge in [0.1, 0.15) is 20.2 Å². The van der Waals surface area contributed by atoms with Gasteiger partial charge < -0.3 is 9.11 Å². The Hall–Kier alpha value is -1.12. The minimum absolute atomic E-state index is 0. The number of aryl methyl sites for hydroxylation is 2. The third-order valence-electron chi connectivity index (χ3n) is 14.2. The molecule has 2 aromatic rings. The van der Waals surface area contributed by atoms with E-state index in [2.05, 4.69) is 27.7 Å². The van der Waals surface area contributed by atoms with Gasteiger partial charge in [-0.3, -0.25) is 0 Å². The van der Waals surface area contributed by atoms with E-state index in [0.29, 0.717) is 12.8 Å². The van der Waals surface area contributed by atoms with Crippen LogP contribution in [0.4, 0.5) is 0 Å². The molecule has 396 valence electrons. The van der Waals surface area contributed by atoms with Crippen LogP contribution < -0.4 is 0 Å². The second-order valence-corrected chi connectivity index (χ2v) is 23.1. The maximum Gasteiger partial charge on any atom is 2.00 e. The van der Waals surface area contributed by atoms with Crippen LogP contribution in [-0.4, -0.2) is 25.9 Å². The smallest absolute Gasteiger partial charge is 0.744 e. The van der Waals surface area contributed by atoms with E-state index in [-0.39, 0.29) is 29.3 Å². The van der Waals surface area contributed by atoms with Crippen LogP contribution in [0.3, 0.4) is 0 Å². The molecule has 2 aromatic carbocycles. The Balaban J connectivity index is 0.00000132. The first-order chi connectivity index (χ1) is 33.0. The van der Waals surface area contributed by atoms with Crippen LogP contribution in [-0.2, 0) is 65.4 Å². The van der Waals surface area contributed by atoms with Crippen molar-refractivity contribution in [2.24, 2.45) is 0 Å². The summed E-state index contributed by atoms with van der Waals surface area (Å²) in [6, 6.07) is 10.6. The molecule has 0 aliphatic carbocycles. The number of rotatable bonds is 46. The Labute approximate surface area is 441 Å². The summed E-state index contributed by atoms with van der Waals surface area (Å²) in [5, 5.41) is 0. The Morgan fingerprint density at radius 2 is 0.478 bits per heavy atom. The van der Waals surface area contributed by atoms with Gasteiger partial charge in [0, 0.05) is 0 Å². The van der Waals surface area contributed by atoms with E-state index in [0.717, 1.165) is 73.6 Å². The summed E-state index contributed by atoms with van der Waals surface area (Å²) in [6.07, 6.45) is 54.0. The molecule has 0 spiro atoms. The van der Waals surface area contributed by atoms with Crippen molar-refractivity contribution in [1.82, 2.24) is 0 Å². The van der Waals surface area contributed by atoms with Gasteiger partial charge in [0.05, 0.1) is 9.79 Å². The first kappa shape index (κ1) is 67.9. The van der Waals surface area contributed by atoms with Crippen molar-refractivity contribution in [3.05, 3.63) is 58.7 Å². The van der Waals surface area contributed by atoms with Crippen LogP contribution in [0, 0.1) is 0 Å². The van der Waals surface area contributed by atoms with E-state index < -0.39 is 20.2 Å². The zero-order valence-corrected chi connectivity index (χ0v) is 50.2. The second-order valence-electron chi connectivity index (χ2n) is 20.4. The molecular weight excluding hydrogens is 946 g/mol. The van der Waals surface area contributed by atoms with Gasteiger partial charge >= 0.3 is 19.5 Å². The van der Waals surface area contributed by atoms with Gasteiger partial charge in [-0.15, -0.1) is 0 Å². The maximum atomic E-state index is 11.9. The maximum absolute atomic E-state index is 11.9. The van der Waals surface area contributed by atoms with Gasteiger partial charge in [0.2, 0.25) is 0 Å². The Morgan fingerprint density at radius 1 is 0.290 bits per heavy atom. The van der Waals surface area contributed by atoms with E-state index in [1.54, 1.807) is 12.1 Å². The van der Waals surface area contributed by atoms with E-state index >= 15 is 0 Å². The van der Waals surface area contributed by atoms with E-state index in [4.69, 9.17) is 0 Å². The number of benzene rings is 2. The van der Waals surface area contributed by atoms with Crippen molar-refractivity contribution >= 4 is 20.2 Å². The average Bonchev–Trinajstić information content (AvgIpc) is 3.31. The molecule has 0 radical (unpaired) electrons. The minimum Gasteiger partial charge on any atom is -0.744 e. The molecule has 2 rings (SSSR count). The molecule has 0 atom stereocenters. The van der Waals surface area contributed by atoms with Crippen molar-refractivity contribution in [2.75, 3.05) is 0 Å². The number of hydrogen-bond acceptors (Lipinski definition) is 6. The molecule has 0 saturated carbocycles. The van der Waals surface area contributed by atoms with Crippen molar-refractivity contribution in [3.63, 3.8) is 0 Å². The van der Waals surface area contributed by atoms with E-state index in [1.807, 2.05) is 12.1 Å². The molecule has 0 aliphatic rings. The Bertz CT molecular complexity index is 1550. The van der Waals surface area contributed by atoms with Crippen molar-refractivity contribution < 1.29 is 45.4 Å². The average molecular weight is 1050 g/mol. The van der Waals surface area contributed by atoms with Crippen LogP contribution in [0.5, 0.6) is 0 Å². The monoisotopic (exact) mass is 1050 g/mol. The van der Waals surface area contributed by atoms with Crippen molar-refractivity contribution in [3.8, 4) is 0 Å². The molecular formula is C60H106O6S2Zn. The topological polar surface area (TPSA) is 114 Å². The summed E-state index contributed by atoms with van der Waals surface area (Å²) < 4.78 is 71.2. The second kappa shape index (κ2) is 46.7. The van der Waals surface area contributed by atoms with Crippen LogP contribution in [0.25, 0.3) is 0 Å². The molecule has 0 aromatic heterocycles. The predicted molar refractivity (Wildman–Crippen MR) is 291 cm³/mol. The van der Waals surface area contributed by atoms with Crippen LogP contribution in [0.2, 0.25) is 0 Å². The van der Waals surface area contributed by atoms with E-state index in [1.165, 1.54) is 230 Å². The summed E-state index contributed by atoms with van der Waals surface area (Å²) in [4.78, 5) is 0.0426. The first-order valence-corrected chi connectivity index (χ1v) is 32.0. The number of unbranched alkanes of at least 4 members (excludes halogenated alkanes) is 36. The molecule has 0 saturated heterocycles. The quantitative estimate of drug-likeness (QED) is 0.0371. The molecule has 9 heteroatoms. The van der Waals surface area contributed by atoms with Crippen LogP contribution >= 0.6 is 0 Å². The van der Waals surface area contributed by atoms with Gasteiger partial charge in [0.25, 0.3) is 0 Å². The Morgan fingerprint density at radius 3 is 0.681 bits per heavy atom.